The maximum Gasteiger partial charge on any atom is 0.187 e. The zero-order valence-electron chi connectivity index (χ0n) is 11.9. The van der Waals surface area contributed by atoms with Gasteiger partial charge in [-0.1, -0.05) is 0 Å². The lowest BCUT2D eigenvalue weighted by Crippen LogP contribution is -2.67. The molecule has 136 valence electrons. The SMILES string of the molecule is OC[C@H]1O[C@H](OC2[C@@H](O)[C@H](O)C(O)[C@@H](O)[C@@H]2O)[C@H](O)[C@@H](O)[C@H]1O. The molecular formula is C12H22O11. The van der Waals surface area contributed by atoms with Gasteiger partial charge in [-0.25, -0.2) is 0 Å². The van der Waals surface area contributed by atoms with E-state index in [1.165, 1.54) is 0 Å². The van der Waals surface area contributed by atoms with E-state index in [0.29, 0.717) is 0 Å². The van der Waals surface area contributed by atoms with Crippen LogP contribution >= 0.6 is 0 Å². The van der Waals surface area contributed by atoms with Gasteiger partial charge in [0, 0.05) is 0 Å². The normalized spacial score (nSPS) is 54.9. The number of aliphatic hydroxyl groups is 9. The van der Waals surface area contributed by atoms with Gasteiger partial charge in [-0.3, -0.25) is 0 Å². The Kier molecular flexibility index (Phi) is 5.92. The summed E-state index contributed by atoms with van der Waals surface area (Å²) >= 11 is 0. The first kappa shape index (κ1) is 18.9. The van der Waals surface area contributed by atoms with Gasteiger partial charge < -0.3 is 55.4 Å². The van der Waals surface area contributed by atoms with E-state index in [1.54, 1.807) is 0 Å². The molecular weight excluding hydrogens is 320 g/mol. The Morgan fingerprint density at radius 1 is 0.609 bits per heavy atom. The molecule has 0 spiro atoms. The summed E-state index contributed by atoms with van der Waals surface area (Å²) in [4.78, 5) is 0. The maximum absolute atomic E-state index is 9.85. The van der Waals surface area contributed by atoms with Crippen molar-refractivity contribution in [1.82, 2.24) is 0 Å². The van der Waals surface area contributed by atoms with Crippen molar-refractivity contribution in [2.75, 3.05) is 6.61 Å². The highest BCUT2D eigenvalue weighted by atomic mass is 16.7. The smallest absolute Gasteiger partial charge is 0.187 e. The summed E-state index contributed by atoms with van der Waals surface area (Å²) in [5.41, 5.74) is 0. The molecule has 2 aliphatic rings. The maximum atomic E-state index is 9.85. The zero-order valence-corrected chi connectivity index (χ0v) is 11.9. The van der Waals surface area contributed by atoms with Crippen molar-refractivity contribution < 1.29 is 55.4 Å². The first-order valence-corrected chi connectivity index (χ1v) is 7.07. The molecule has 11 heteroatoms. The van der Waals surface area contributed by atoms with Crippen molar-refractivity contribution >= 4 is 0 Å². The molecule has 0 radical (unpaired) electrons. The van der Waals surface area contributed by atoms with Crippen LogP contribution in [0.4, 0.5) is 0 Å². The van der Waals surface area contributed by atoms with Crippen LogP contribution in [-0.4, -0.2) is 120 Å². The first-order valence-electron chi connectivity index (χ1n) is 7.07. The van der Waals surface area contributed by atoms with Gasteiger partial charge in [-0.2, -0.15) is 0 Å². The molecule has 2 rings (SSSR count). The van der Waals surface area contributed by atoms with Crippen LogP contribution in [-0.2, 0) is 9.47 Å². The lowest BCUT2D eigenvalue weighted by Gasteiger charge is -2.45. The van der Waals surface area contributed by atoms with Gasteiger partial charge in [0.25, 0.3) is 0 Å². The molecule has 0 unspecified atom stereocenters. The van der Waals surface area contributed by atoms with Crippen LogP contribution in [0.3, 0.4) is 0 Å². The van der Waals surface area contributed by atoms with E-state index >= 15 is 0 Å². The van der Waals surface area contributed by atoms with Crippen LogP contribution in [0.2, 0.25) is 0 Å². The number of hydrogen-bond donors (Lipinski definition) is 9. The summed E-state index contributed by atoms with van der Waals surface area (Å²) in [5.74, 6) is 0. The number of rotatable bonds is 3. The van der Waals surface area contributed by atoms with E-state index < -0.39 is 73.9 Å². The Hall–Kier alpha value is -0.440. The second kappa shape index (κ2) is 7.21. The Bertz CT molecular complexity index is 377. The Balaban J connectivity index is 2.13. The predicted octanol–water partition coefficient (Wildman–Crippen LogP) is -6.01. The summed E-state index contributed by atoms with van der Waals surface area (Å²) < 4.78 is 10.2. The molecule has 0 amide bonds. The van der Waals surface area contributed by atoms with Gasteiger partial charge in [0.05, 0.1) is 6.61 Å². The van der Waals surface area contributed by atoms with Crippen LogP contribution in [0.25, 0.3) is 0 Å². The molecule has 0 aromatic heterocycles. The lowest BCUT2D eigenvalue weighted by atomic mass is 9.84. The summed E-state index contributed by atoms with van der Waals surface area (Å²) in [5, 5.41) is 86.6. The molecule has 1 aliphatic carbocycles. The van der Waals surface area contributed by atoms with Crippen molar-refractivity contribution in [3.05, 3.63) is 0 Å². The molecule has 23 heavy (non-hydrogen) atoms. The molecule has 11 nitrogen and oxygen atoms in total. The lowest BCUT2D eigenvalue weighted by molar-refractivity contribution is -0.339. The highest BCUT2D eigenvalue weighted by Crippen LogP contribution is 2.29. The third-order valence-electron chi connectivity index (χ3n) is 4.21. The molecule has 0 bridgehead atoms. The quantitative estimate of drug-likeness (QED) is 0.236. The molecule has 0 aromatic carbocycles. The van der Waals surface area contributed by atoms with E-state index in [1.807, 2.05) is 0 Å². The van der Waals surface area contributed by atoms with Gasteiger partial charge in [-0.15, -0.1) is 0 Å². The zero-order chi connectivity index (χ0) is 17.5. The van der Waals surface area contributed by atoms with E-state index in [-0.39, 0.29) is 0 Å². The fourth-order valence-corrected chi connectivity index (χ4v) is 2.69. The van der Waals surface area contributed by atoms with E-state index in [4.69, 9.17) is 14.6 Å². The molecule has 1 saturated carbocycles. The minimum absolute atomic E-state index is 0.704. The summed E-state index contributed by atoms with van der Waals surface area (Å²) in [6, 6.07) is 0. The Morgan fingerprint density at radius 3 is 1.52 bits per heavy atom. The minimum Gasteiger partial charge on any atom is -0.394 e. The van der Waals surface area contributed by atoms with Gasteiger partial charge in [-0.05, 0) is 0 Å². The third kappa shape index (κ3) is 3.36. The average molecular weight is 342 g/mol. The standard InChI is InChI=1S/C12H22O11/c13-1-2-3(14)4(15)10(21)12(22-2)23-11-8(19)6(17)5(16)7(18)9(11)20/h2-21H,1H2/t2-,3+,4+,5?,6-,7-,8+,9+,10-,11?,12-/m1/s1. The molecule has 1 heterocycles. The summed E-state index contributed by atoms with van der Waals surface area (Å²) in [7, 11) is 0. The van der Waals surface area contributed by atoms with Crippen molar-refractivity contribution in [2.45, 2.75) is 67.3 Å². The predicted molar refractivity (Wildman–Crippen MR) is 68.7 cm³/mol. The Morgan fingerprint density at radius 2 is 1.04 bits per heavy atom. The second-order valence-corrected chi connectivity index (χ2v) is 5.75. The van der Waals surface area contributed by atoms with E-state index in [0.717, 1.165) is 0 Å². The fraction of sp³-hybridized carbons (Fsp3) is 1.00. The molecule has 9 N–H and O–H groups in total. The highest BCUT2D eigenvalue weighted by Gasteiger charge is 2.52. The topological polar surface area (TPSA) is 201 Å². The van der Waals surface area contributed by atoms with Gasteiger partial charge in [0.15, 0.2) is 6.29 Å². The molecule has 1 aliphatic heterocycles. The molecule has 0 aromatic rings. The van der Waals surface area contributed by atoms with Crippen molar-refractivity contribution in [3.63, 3.8) is 0 Å². The van der Waals surface area contributed by atoms with Gasteiger partial charge in [0.2, 0.25) is 0 Å². The minimum atomic E-state index is -1.83. The van der Waals surface area contributed by atoms with Crippen LogP contribution in [0.1, 0.15) is 0 Å². The van der Waals surface area contributed by atoms with Crippen molar-refractivity contribution in [3.8, 4) is 0 Å². The van der Waals surface area contributed by atoms with E-state index in [9.17, 15) is 40.9 Å². The average Bonchev–Trinajstić information content (AvgIpc) is 2.54. The molecule has 9 atom stereocenters. The van der Waals surface area contributed by atoms with Crippen LogP contribution < -0.4 is 0 Å². The van der Waals surface area contributed by atoms with Crippen molar-refractivity contribution in [1.29, 1.82) is 0 Å². The Labute approximate surface area is 130 Å². The number of hydrogen-bond acceptors (Lipinski definition) is 11. The molecule has 2 fully saturated rings. The fourth-order valence-electron chi connectivity index (χ4n) is 2.69. The van der Waals surface area contributed by atoms with Gasteiger partial charge in [0.1, 0.15) is 61.0 Å². The molecule has 1 saturated heterocycles. The summed E-state index contributed by atoms with van der Waals surface area (Å²) in [6.45, 7) is -0.704. The van der Waals surface area contributed by atoms with E-state index in [2.05, 4.69) is 0 Å². The van der Waals surface area contributed by atoms with Crippen LogP contribution in [0.15, 0.2) is 0 Å². The highest BCUT2D eigenvalue weighted by molar-refractivity contribution is 5.00. The number of aliphatic hydroxyl groups excluding tert-OH is 9. The monoisotopic (exact) mass is 342 g/mol. The van der Waals surface area contributed by atoms with Crippen molar-refractivity contribution in [2.24, 2.45) is 0 Å². The summed E-state index contributed by atoms with van der Waals surface area (Å²) in [6.07, 6.45) is -18.9. The first-order chi connectivity index (χ1) is 10.7. The third-order valence-corrected chi connectivity index (χ3v) is 4.21. The largest absolute Gasteiger partial charge is 0.394 e. The van der Waals surface area contributed by atoms with Crippen LogP contribution in [0.5, 0.6) is 0 Å². The second-order valence-electron chi connectivity index (χ2n) is 5.75. The van der Waals surface area contributed by atoms with Crippen LogP contribution in [0, 0.1) is 0 Å². The number of ether oxygens (including phenoxy) is 2. The van der Waals surface area contributed by atoms with Gasteiger partial charge >= 0.3 is 0 Å².